The topological polar surface area (TPSA) is 22.1 Å². The summed E-state index contributed by atoms with van der Waals surface area (Å²) in [6.07, 6.45) is 1.71. The quantitative estimate of drug-likeness (QED) is 0.785. The number of pyridine rings is 1. The van der Waals surface area contributed by atoms with Crippen molar-refractivity contribution in [1.29, 1.82) is 0 Å². The number of ether oxygens (including phenoxy) is 1. The third kappa shape index (κ3) is 2.97. The molecule has 0 aliphatic rings. The van der Waals surface area contributed by atoms with E-state index in [-0.39, 0.29) is 0 Å². The first-order valence-corrected chi connectivity index (χ1v) is 6.05. The van der Waals surface area contributed by atoms with Gasteiger partial charge in [0, 0.05) is 22.6 Å². The molecule has 0 N–H and O–H groups in total. The Hall–Kier alpha value is -1.06. The van der Waals surface area contributed by atoms with Crippen LogP contribution in [0, 0.1) is 0 Å². The molecule has 82 valence electrons. The van der Waals surface area contributed by atoms with Gasteiger partial charge < -0.3 is 4.74 Å². The third-order valence-electron chi connectivity index (χ3n) is 1.99. The Kier molecular flexibility index (Phi) is 3.80. The molecule has 0 spiro atoms. The Morgan fingerprint density at radius 2 is 1.88 bits per heavy atom. The van der Waals surface area contributed by atoms with Crippen molar-refractivity contribution >= 4 is 27.5 Å². The van der Waals surface area contributed by atoms with Gasteiger partial charge in [-0.15, -0.1) is 11.6 Å². The Bertz CT molecular complexity index is 455. The molecule has 2 nitrogen and oxygen atoms in total. The molecule has 0 atom stereocenters. The maximum atomic E-state index is 5.67. The van der Waals surface area contributed by atoms with Crippen LogP contribution in [-0.2, 0) is 5.88 Å². The van der Waals surface area contributed by atoms with E-state index in [1.165, 1.54) is 0 Å². The number of hydrogen-bond donors (Lipinski definition) is 0. The third-order valence-corrected chi connectivity index (χ3v) is 2.83. The van der Waals surface area contributed by atoms with Gasteiger partial charge in [0.2, 0.25) is 5.88 Å². The zero-order valence-electron chi connectivity index (χ0n) is 8.36. The van der Waals surface area contributed by atoms with Gasteiger partial charge in [-0.25, -0.2) is 4.98 Å². The first-order valence-electron chi connectivity index (χ1n) is 4.72. The molecule has 0 amide bonds. The summed E-state index contributed by atoms with van der Waals surface area (Å²) in [5.41, 5.74) is 0.977. The molecule has 0 saturated heterocycles. The second-order valence-electron chi connectivity index (χ2n) is 3.19. The fraction of sp³-hybridized carbons (Fsp3) is 0.0833. The van der Waals surface area contributed by atoms with Crippen LogP contribution in [0.1, 0.15) is 5.56 Å². The van der Waals surface area contributed by atoms with Crippen LogP contribution in [0.5, 0.6) is 11.6 Å². The maximum Gasteiger partial charge on any atom is 0.219 e. The number of benzene rings is 1. The van der Waals surface area contributed by atoms with E-state index in [0.29, 0.717) is 11.8 Å². The Morgan fingerprint density at radius 1 is 1.12 bits per heavy atom. The summed E-state index contributed by atoms with van der Waals surface area (Å²) < 4.78 is 6.58. The molecule has 1 aromatic heterocycles. The van der Waals surface area contributed by atoms with Crippen LogP contribution in [0.4, 0.5) is 0 Å². The average molecular weight is 299 g/mol. The van der Waals surface area contributed by atoms with Gasteiger partial charge in [0.05, 0.1) is 0 Å². The van der Waals surface area contributed by atoms with Gasteiger partial charge in [-0.1, -0.05) is 22.0 Å². The van der Waals surface area contributed by atoms with Gasteiger partial charge in [0.15, 0.2) is 0 Å². The van der Waals surface area contributed by atoms with E-state index in [2.05, 4.69) is 20.9 Å². The highest BCUT2D eigenvalue weighted by molar-refractivity contribution is 9.10. The largest absolute Gasteiger partial charge is 0.439 e. The normalized spacial score (nSPS) is 10.1. The van der Waals surface area contributed by atoms with Gasteiger partial charge in [0.1, 0.15) is 5.75 Å². The monoisotopic (exact) mass is 297 g/mol. The highest BCUT2D eigenvalue weighted by Gasteiger charge is 1.98. The van der Waals surface area contributed by atoms with Crippen molar-refractivity contribution in [3.8, 4) is 11.6 Å². The molecule has 0 saturated carbocycles. The first kappa shape index (κ1) is 11.4. The van der Waals surface area contributed by atoms with Crippen molar-refractivity contribution in [2.45, 2.75) is 5.88 Å². The Labute approximate surface area is 107 Å². The minimum Gasteiger partial charge on any atom is -0.439 e. The summed E-state index contributed by atoms with van der Waals surface area (Å²) in [6.45, 7) is 0. The van der Waals surface area contributed by atoms with Crippen LogP contribution in [0.2, 0.25) is 0 Å². The van der Waals surface area contributed by atoms with E-state index < -0.39 is 0 Å². The number of rotatable bonds is 3. The number of alkyl halides is 1. The number of hydrogen-bond acceptors (Lipinski definition) is 2. The standard InChI is InChI=1S/C12H9BrClNO/c13-10-2-4-11(5-3-10)16-12-6-1-9(7-14)8-15-12/h1-6,8H,7H2. The summed E-state index contributed by atoms with van der Waals surface area (Å²) in [5.74, 6) is 1.79. The van der Waals surface area contributed by atoms with Gasteiger partial charge in [0.25, 0.3) is 0 Å². The molecular formula is C12H9BrClNO. The molecular weight excluding hydrogens is 289 g/mol. The maximum absolute atomic E-state index is 5.67. The Balaban J connectivity index is 2.11. The van der Waals surface area contributed by atoms with Crippen molar-refractivity contribution in [3.63, 3.8) is 0 Å². The van der Waals surface area contributed by atoms with E-state index in [4.69, 9.17) is 16.3 Å². The lowest BCUT2D eigenvalue weighted by Gasteiger charge is -2.04. The SMILES string of the molecule is ClCc1ccc(Oc2ccc(Br)cc2)nc1. The number of aromatic nitrogens is 1. The molecule has 0 aliphatic carbocycles. The lowest BCUT2D eigenvalue weighted by atomic mass is 10.3. The Morgan fingerprint density at radius 3 is 2.44 bits per heavy atom. The van der Waals surface area contributed by atoms with Crippen LogP contribution in [-0.4, -0.2) is 4.98 Å². The summed E-state index contributed by atoms with van der Waals surface area (Å²) >= 11 is 9.03. The lowest BCUT2D eigenvalue weighted by molar-refractivity contribution is 0.462. The van der Waals surface area contributed by atoms with Gasteiger partial charge in [-0.2, -0.15) is 0 Å². The highest BCUT2D eigenvalue weighted by atomic mass is 79.9. The van der Waals surface area contributed by atoms with Crippen LogP contribution in [0.3, 0.4) is 0 Å². The molecule has 0 unspecified atom stereocenters. The molecule has 1 heterocycles. The van der Waals surface area contributed by atoms with E-state index >= 15 is 0 Å². The molecule has 0 bridgehead atoms. The van der Waals surface area contributed by atoms with Crippen molar-refractivity contribution in [2.75, 3.05) is 0 Å². The van der Waals surface area contributed by atoms with E-state index in [1.807, 2.05) is 30.3 Å². The predicted octanol–water partition coefficient (Wildman–Crippen LogP) is 4.38. The highest BCUT2D eigenvalue weighted by Crippen LogP contribution is 2.21. The van der Waals surface area contributed by atoms with Crippen LogP contribution in [0.25, 0.3) is 0 Å². The van der Waals surface area contributed by atoms with Crippen molar-refractivity contribution in [1.82, 2.24) is 4.98 Å². The zero-order valence-corrected chi connectivity index (χ0v) is 10.7. The minimum absolute atomic E-state index is 0.464. The summed E-state index contributed by atoms with van der Waals surface area (Å²) in [4.78, 5) is 4.15. The second kappa shape index (κ2) is 5.32. The molecule has 1 aromatic carbocycles. The van der Waals surface area contributed by atoms with Crippen molar-refractivity contribution in [3.05, 3.63) is 52.6 Å². The van der Waals surface area contributed by atoms with Crippen LogP contribution < -0.4 is 4.74 Å². The first-order chi connectivity index (χ1) is 7.78. The molecule has 16 heavy (non-hydrogen) atoms. The van der Waals surface area contributed by atoms with Gasteiger partial charge >= 0.3 is 0 Å². The summed E-state index contributed by atoms with van der Waals surface area (Å²) in [5, 5.41) is 0. The number of halogens is 2. The smallest absolute Gasteiger partial charge is 0.219 e. The molecule has 0 fully saturated rings. The van der Waals surface area contributed by atoms with Crippen molar-refractivity contribution in [2.24, 2.45) is 0 Å². The molecule has 0 radical (unpaired) electrons. The fourth-order valence-electron chi connectivity index (χ4n) is 1.17. The van der Waals surface area contributed by atoms with E-state index in [1.54, 1.807) is 12.3 Å². The second-order valence-corrected chi connectivity index (χ2v) is 4.38. The number of nitrogens with zero attached hydrogens (tertiary/aromatic N) is 1. The molecule has 0 aliphatic heterocycles. The predicted molar refractivity (Wildman–Crippen MR) is 68.0 cm³/mol. The lowest BCUT2D eigenvalue weighted by Crippen LogP contribution is -1.88. The minimum atomic E-state index is 0.464. The van der Waals surface area contributed by atoms with Gasteiger partial charge in [-0.05, 0) is 29.8 Å². The summed E-state index contributed by atoms with van der Waals surface area (Å²) in [6, 6.07) is 11.3. The van der Waals surface area contributed by atoms with Crippen LogP contribution in [0.15, 0.2) is 47.1 Å². The fourth-order valence-corrected chi connectivity index (χ4v) is 1.60. The van der Waals surface area contributed by atoms with E-state index in [0.717, 1.165) is 15.8 Å². The summed E-state index contributed by atoms with van der Waals surface area (Å²) in [7, 11) is 0. The molecule has 4 heteroatoms. The van der Waals surface area contributed by atoms with Crippen molar-refractivity contribution < 1.29 is 4.74 Å². The van der Waals surface area contributed by atoms with E-state index in [9.17, 15) is 0 Å². The average Bonchev–Trinajstić information content (AvgIpc) is 2.33. The van der Waals surface area contributed by atoms with Crippen LogP contribution >= 0.6 is 27.5 Å². The molecule has 2 aromatic rings. The van der Waals surface area contributed by atoms with Gasteiger partial charge in [-0.3, -0.25) is 0 Å². The molecule has 2 rings (SSSR count). The zero-order chi connectivity index (χ0) is 11.4.